The SMILES string of the molecule is NCC(CCC1CCCc2ccccc21)c1ccccc1. The molecule has 2 N–H and O–H groups in total. The molecule has 110 valence electrons. The molecule has 0 aromatic heterocycles. The summed E-state index contributed by atoms with van der Waals surface area (Å²) in [7, 11) is 0. The standard InChI is InChI=1S/C20H25N/c21-15-19(16-7-2-1-3-8-16)14-13-18-11-6-10-17-9-4-5-12-20(17)18/h1-5,7-9,12,18-19H,6,10-11,13-15,21H2. The number of hydrogen-bond acceptors (Lipinski definition) is 1. The van der Waals surface area contributed by atoms with E-state index in [4.69, 9.17) is 5.73 Å². The van der Waals surface area contributed by atoms with Gasteiger partial charge < -0.3 is 5.73 Å². The van der Waals surface area contributed by atoms with Crippen LogP contribution in [0.15, 0.2) is 54.6 Å². The third-order valence-corrected chi connectivity index (χ3v) is 4.91. The van der Waals surface area contributed by atoms with E-state index >= 15 is 0 Å². The fourth-order valence-corrected chi connectivity index (χ4v) is 3.70. The van der Waals surface area contributed by atoms with Crippen molar-refractivity contribution >= 4 is 0 Å². The Morgan fingerprint density at radius 1 is 1.00 bits per heavy atom. The highest BCUT2D eigenvalue weighted by Gasteiger charge is 2.21. The molecule has 1 aliphatic carbocycles. The summed E-state index contributed by atoms with van der Waals surface area (Å²) >= 11 is 0. The molecule has 0 bridgehead atoms. The quantitative estimate of drug-likeness (QED) is 0.848. The van der Waals surface area contributed by atoms with Crippen LogP contribution in [-0.4, -0.2) is 6.54 Å². The highest BCUT2D eigenvalue weighted by atomic mass is 14.5. The molecule has 2 aromatic carbocycles. The first-order chi connectivity index (χ1) is 10.4. The van der Waals surface area contributed by atoms with Crippen LogP contribution < -0.4 is 5.73 Å². The predicted molar refractivity (Wildman–Crippen MR) is 89.6 cm³/mol. The van der Waals surface area contributed by atoms with Crippen LogP contribution >= 0.6 is 0 Å². The second kappa shape index (κ2) is 6.91. The van der Waals surface area contributed by atoms with Crippen molar-refractivity contribution in [3.63, 3.8) is 0 Å². The molecule has 2 aromatic rings. The average Bonchev–Trinajstić information content (AvgIpc) is 2.56. The van der Waals surface area contributed by atoms with Crippen molar-refractivity contribution in [2.75, 3.05) is 6.54 Å². The lowest BCUT2D eigenvalue weighted by Crippen LogP contribution is -2.15. The Kier molecular flexibility index (Phi) is 4.72. The first-order valence-electron chi connectivity index (χ1n) is 8.21. The Bertz CT molecular complexity index is 561. The van der Waals surface area contributed by atoms with Gasteiger partial charge in [-0.3, -0.25) is 0 Å². The molecule has 0 heterocycles. The lowest BCUT2D eigenvalue weighted by atomic mass is 9.78. The largest absolute Gasteiger partial charge is 0.330 e. The molecule has 2 unspecified atom stereocenters. The van der Waals surface area contributed by atoms with Gasteiger partial charge in [-0.15, -0.1) is 0 Å². The second-order valence-corrected chi connectivity index (χ2v) is 6.21. The van der Waals surface area contributed by atoms with E-state index in [2.05, 4.69) is 54.6 Å². The van der Waals surface area contributed by atoms with Gasteiger partial charge in [0.25, 0.3) is 0 Å². The number of rotatable bonds is 5. The molecule has 1 aliphatic rings. The van der Waals surface area contributed by atoms with E-state index in [0.717, 1.165) is 12.5 Å². The Balaban J connectivity index is 1.68. The van der Waals surface area contributed by atoms with Crippen LogP contribution in [0.4, 0.5) is 0 Å². The van der Waals surface area contributed by atoms with Crippen LogP contribution in [0.2, 0.25) is 0 Å². The summed E-state index contributed by atoms with van der Waals surface area (Å²) in [4.78, 5) is 0. The first kappa shape index (κ1) is 14.3. The molecule has 3 rings (SSSR count). The van der Waals surface area contributed by atoms with E-state index in [-0.39, 0.29) is 0 Å². The maximum Gasteiger partial charge on any atom is -0.000823 e. The first-order valence-corrected chi connectivity index (χ1v) is 8.21. The number of hydrogen-bond donors (Lipinski definition) is 1. The lowest BCUT2D eigenvalue weighted by molar-refractivity contribution is 0.475. The van der Waals surface area contributed by atoms with E-state index in [0.29, 0.717) is 5.92 Å². The van der Waals surface area contributed by atoms with Crippen molar-refractivity contribution in [1.82, 2.24) is 0 Å². The van der Waals surface area contributed by atoms with Crippen molar-refractivity contribution in [3.8, 4) is 0 Å². The van der Waals surface area contributed by atoms with Gasteiger partial charge in [-0.2, -0.15) is 0 Å². The third kappa shape index (κ3) is 3.36. The number of fused-ring (bicyclic) bond motifs is 1. The summed E-state index contributed by atoms with van der Waals surface area (Å²) in [6.45, 7) is 0.748. The third-order valence-electron chi connectivity index (χ3n) is 4.91. The molecule has 0 spiro atoms. The van der Waals surface area contributed by atoms with Gasteiger partial charge >= 0.3 is 0 Å². The minimum atomic E-state index is 0.500. The zero-order valence-corrected chi connectivity index (χ0v) is 12.7. The number of benzene rings is 2. The van der Waals surface area contributed by atoms with E-state index in [9.17, 15) is 0 Å². The minimum absolute atomic E-state index is 0.500. The van der Waals surface area contributed by atoms with Gasteiger partial charge in [0, 0.05) is 0 Å². The predicted octanol–water partition coefficient (Wildman–Crippen LogP) is 4.63. The Labute approximate surface area is 128 Å². The van der Waals surface area contributed by atoms with Crippen molar-refractivity contribution in [3.05, 3.63) is 71.3 Å². The molecule has 1 heteroatoms. The Morgan fingerprint density at radius 2 is 1.76 bits per heavy atom. The molecule has 21 heavy (non-hydrogen) atoms. The lowest BCUT2D eigenvalue weighted by Gasteiger charge is -2.27. The Morgan fingerprint density at radius 3 is 2.57 bits per heavy atom. The second-order valence-electron chi connectivity index (χ2n) is 6.21. The van der Waals surface area contributed by atoms with Crippen molar-refractivity contribution in [2.24, 2.45) is 5.73 Å². The van der Waals surface area contributed by atoms with Gasteiger partial charge in [0.2, 0.25) is 0 Å². The van der Waals surface area contributed by atoms with E-state index in [1.165, 1.54) is 37.7 Å². The molecule has 0 aliphatic heterocycles. The average molecular weight is 279 g/mol. The van der Waals surface area contributed by atoms with Crippen LogP contribution in [0.5, 0.6) is 0 Å². The van der Waals surface area contributed by atoms with Crippen molar-refractivity contribution < 1.29 is 0 Å². The zero-order valence-electron chi connectivity index (χ0n) is 12.7. The monoisotopic (exact) mass is 279 g/mol. The maximum atomic E-state index is 6.02. The van der Waals surface area contributed by atoms with Crippen molar-refractivity contribution in [1.29, 1.82) is 0 Å². The maximum absolute atomic E-state index is 6.02. The van der Waals surface area contributed by atoms with Gasteiger partial charge in [0.15, 0.2) is 0 Å². The summed E-state index contributed by atoms with van der Waals surface area (Å²) < 4.78 is 0. The van der Waals surface area contributed by atoms with Crippen molar-refractivity contribution in [2.45, 2.75) is 43.9 Å². The van der Waals surface area contributed by atoms with Gasteiger partial charge in [0.1, 0.15) is 0 Å². The van der Waals surface area contributed by atoms with Crippen LogP contribution in [0.3, 0.4) is 0 Å². The van der Waals surface area contributed by atoms with Crippen LogP contribution in [-0.2, 0) is 6.42 Å². The van der Waals surface area contributed by atoms with E-state index < -0.39 is 0 Å². The normalized spacial score (nSPS) is 19.0. The molecule has 0 amide bonds. The number of aryl methyl sites for hydroxylation is 1. The Hall–Kier alpha value is -1.60. The van der Waals surface area contributed by atoms with Gasteiger partial charge in [-0.1, -0.05) is 54.6 Å². The minimum Gasteiger partial charge on any atom is -0.330 e. The van der Waals surface area contributed by atoms with Gasteiger partial charge in [-0.25, -0.2) is 0 Å². The summed E-state index contributed by atoms with van der Waals surface area (Å²) in [6, 6.07) is 19.7. The molecule has 0 saturated carbocycles. The van der Waals surface area contributed by atoms with E-state index in [1.54, 1.807) is 11.1 Å². The number of nitrogens with two attached hydrogens (primary N) is 1. The fraction of sp³-hybridized carbons (Fsp3) is 0.400. The molecular weight excluding hydrogens is 254 g/mol. The van der Waals surface area contributed by atoms with Crippen LogP contribution in [0, 0.1) is 0 Å². The highest BCUT2D eigenvalue weighted by Crippen LogP contribution is 2.36. The van der Waals surface area contributed by atoms with Gasteiger partial charge in [-0.05, 0) is 67.2 Å². The summed E-state index contributed by atoms with van der Waals surface area (Å²) in [6.07, 6.45) is 6.38. The van der Waals surface area contributed by atoms with E-state index in [1.807, 2.05) is 0 Å². The molecule has 2 atom stereocenters. The summed E-state index contributed by atoms with van der Waals surface area (Å²) in [5, 5.41) is 0. The fourth-order valence-electron chi connectivity index (χ4n) is 3.70. The van der Waals surface area contributed by atoms with Crippen LogP contribution in [0.25, 0.3) is 0 Å². The van der Waals surface area contributed by atoms with Gasteiger partial charge in [0.05, 0.1) is 0 Å². The smallest absolute Gasteiger partial charge is 0.000823 e. The summed E-state index contributed by atoms with van der Waals surface area (Å²) in [5.41, 5.74) is 10.6. The van der Waals surface area contributed by atoms with Crippen LogP contribution in [0.1, 0.15) is 54.2 Å². The zero-order chi connectivity index (χ0) is 14.5. The molecule has 0 saturated heterocycles. The molecule has 1 nitrogen and oxygen atoms in total. The topological polar surface area (TPSA) is 26.0 Å². The molecule has 0 radical (unpaired) electrons. The highest BCUT2D eigenvalue weighted by molar-refractivity contribution is 5.32. The summed E-state index contributed by atoms with van der Waals surface area (Å²) in [5.74, 6) is 1.23. The molecular formula is C20H25N. The molecule has 0 fully saturated rings.